The Labute approximate surface area is 192 Å². The molecule has 0 atom stereocenters. The summed E-state index contributed by atoms with van der Waals surface area (Å²) < 4.78 is 3.32. The van der Waals surface area contributed by atoms with E-state index in [4.69, 9.17) is 5.10 Å². The molecule has 8 nitrogen and oxygen atoms in total. The average molecular weight is 445 g/mol. The number of aromatic nitrogens is 4. The van der Waals surface area contributed by atoms with Gasteiger partial charge < -0.3 is 5.32 Å². The second kappa shape index (κ2) is 8.99. The SMILES string of the molecule is CNC(=O)c1nn(CN(C)Cc2c(C)nn(-c3ccccc3C)c2C)c(=O)c2ccccc12. The molecule has 1 amide bonds. The van der Waals surface area contributed by atoms with Crippen molar-refractivity contribution in [2.24, 2.45) is 0 Å². The molecule has 0 unspecified atom stereocenters. The Morgan fingerprint density at radius 3 is 2.36 bits per heavy atom. The highest BCUT2D eigenvalue weighted by Crippen LogP contribution is 2.21. The number of carbonyl (C=O) groups is 1. The zero-order chi connectivity index (χ0) is 23.7. The first-order valence-corrected chi connectivity index (χ1v) is 10.8. The van der Waals surface area contributed by atoms with Crippen LogP contribution in [-0.2, 0) is 13.2 Å². The highest BCUT2D eigenvalue weighted by Gasteiger charge is 2.19. The number of aryl methyl sites for hydroxylation is 2. The third kappa shape index (κ3) is 4.17. The Morgan fingerprint density at radius 1 is 1.00 bits per heavy atom. The summed E-state index contributed by atoms with van der Waals surface area (Å²) in [5.41, 5.74) is 5.30. The van der Waals surface area contributed by atoms with Gasteiger partial charge in [-0.3, -0.25) is 14.5 Å². The molecule has 0 radical (unpaired) electrons. The largest absolute Gasteiger partial charge is 0.354 e. The second-order valence-corrected chi connectivity index (χ2v) is 8.28. The smallest absolute Gasteiger partial charge is 0.275 e. The van der Waals surface area contributed by atoms with E-state index in [0.717, 1.165) is 28.2 Å². The molecule has 0 aliphatic rings. The summed E-state index contributed by atoms with van der Waals surface area (Å²) in [5, 5.41) is 12.8. The van der Waals surface area contributed by atoms with Gasteiger partial charge in [-0.2, -0.15) is 10.2 Å². The van der Waals surface area contributed by atoms with E-state index in [0.29, 0.717) is 17.3 Å². The number of amides is 1. The fraction of sp³-hybridized carbons (Fsp3) is 0.280. The number of hydrogen-bond acceptors (Lipinski definition) is 5. The summed E-state index contributed by atoms with van der Waals surface area (Å²) in [6, 6.07) is 15.2. The van der Waals surface area contributed by atoms with Gasteiger partial charge in [0.05, 0.1) is 23.4 Å². The van der Waals surface area contributed by atoms with Crippen LogP contribution in [-0.4, -0.2) is 44.5 Å². The maximum Gasteiger partial charge on any atom is 0.275 e. The average Bonchev–Trinajstić information content (AvgIpc) is 3.08. The third-order valence-corrected chi connectivity index (χ3v) is 5.90. The van der Waals surface area contributed by atoms with E-state index < -0.39 is 0 Å². The van der Waals surface area contributed by atoms with Crippen LogP contribution in [0.1, 0.15) is 33.0 Å². The van der Waals surface area contributed by atoms with Gasteiger partial charge in [0.25, 0.3) is 11.5 Å². The predicted octanol–water partition coefficient (Wildman–Crippen LogP) is 2.96. The third-order valence-electron chi connectivity index (χ3n) is 5.90. The van der Waals surface area contributed by atoms with E-state index in [-0.39, 0.29) is 23.8 Å². The van der Waals surface area contributed by atoms with Crippen molar-refractivity contribution in [1.29, 1.82) is 0 Å². The minimum Gasteiger partial charge on any atom is -0.354 e. The summed E-state index contributed by atoms with van der Waals surface area (Å²) in [5.74, 6) is -0.325. The highest BCUT2D eigenvalue weighted by atomic mass is 16.2. The first kappa shape index (κ1) is 22.4. The van der Waals surface area contributed by atoms with Crippen molar-refractivity contribution in [3.05, 3.63) is 87.1 Å². The first-order valence-electron chi connectivity index (χ1n) is 10.8. The molecule has 0 aliphatic carbocycles. The van der Waals surface area contributed by atoms with Crippen molar-refractivity contribution in [2.75, 3.05) is 14.1 Å². The van der Waals surface area contributed by atoms with Gasteiger partial charge in [-0.1, -0.05) is 36.4 Å². The summed E-state index contributed by atoms with van der Waals surface area (Å²) in [4.78, 5) is 27.5. The molecule has 0 saturated carbocycles. The molecule has 0 fully saturated rings. The van der Waals surface area contributed by atoms with Crippen LogP contribution in [0.15, 0.2) is 53.3 Å². The van der Waals surface area contributed by atoms with Crippen LogP contribution in [0.3, 0.4) is 0 Å². The molecule has 0 bridgehead atoms. The molecule has 0 aliphatic heterocycles. The van der Waals surface area contributed by atoms with Crippen LogP contribution < -0.4 is 10.9 Å². The first-order chi connectivity index (χ1) is 15.8. The Balaban J connectivity index is 1.66. The minimum absolute atomic E-state index is 0.228. The number of benzene rings is 2. The predicted molar refractivity (Wildman–Crippen MR) is 129 cm³/mol. The van der Waals surface area contributed by atoms with Crippen LogP contribution in [0.5, 0.6) is 0 Å². The number of nitrogens with one attached hydrogen (secondary N) is 1. The lowest BCUT2D eigenvalue weighted by molar-refractivity contribution is 0.0956. The van der Waals surface area contributed by atoms with Gasteiger partial charge in [0.15, 0.2) is 5.69 Å². The van der Waals surface area contributed by atoms with Gasteiger partial charge in [0, 0.05) is 30.2 Å². The minimum atomic E-state index is -0.325. The van der Waals surface area contributed by atoms with Crippen molar-refractivity contribution >= 4 is 16.7 Å². The molecule has 0 saturated heterocycles. The summed E-state index contributed by atoms with van der Waals surface area (Å²) in [6.45, 7) is 6.94. The number of nitrogens with zero attached hydrogens (tertiary/aromatic N) is 5. The molecule has 2 aromatic carbocycles. The van der Waals surface area contributed by atoms with Crippen LogP contribution in [0.25, 0.3) is 16.5 Å². The number of fused-ring (bicyclic) bond motifs is 1. The molecule has 4 aromatic rings. The number of carbonyl (C=O) groups excluding carboxylic acids is 1. The lowest BCUT2D eigenvalue weighted by Crippen LogP contribution is -2.34. The lowest BCUT2D eigenvalue weighted by atomic mass is 10.1. The van der Waals surface area contributed by atoms with E-state index in [1.54, 1.807) is 31.3 Å². The van der Waals surface area contributed by atoms with E-state index >= 15 is 0 Å². The summed E-state index contributed by atoms with van der Waals surface area (Å²) >= 11 is 0. The monoisotopic (exact) mass is 444 g/mol. The molecule has 2 heterocycles. The Bertz CT molecular complexity index is 1400. The molecule has 0 spiro atoms. The van der Waals surface area contributed by atoms with Gasteiger partial charge in [-0.05, 0) is 45.5 Å². The van der Waals surface area contributed by atoms with Gasteiger partial charge in [-0.25, -0.2) is 9.36 Å². The van der Waals surface area contributed by atoms with Crippen LogP contribution in [0.2, 0.25) is 0 Å². The Morgan fingerprint density at radius 2 is 1.67 bits per heavy atom. The van der Waals surface area contributed by atoms with Crippen LogP contribution in [0, 0.1) is 20.8 Å². The van der Waals surface area contributed by atoms with Crippen molar-refractivity contribution in [3.63, 3.8) is 0 Å². The molecule has 2 aromatic heterocycles. The van der Waals surface area contributed by atoms with Gasteiger partial charge >= 0.3 is 0 Å². The van der Waals surface area contributed by atoms with Crippen molar-refractivity contribution < 1.29 is 4.79 Å². The summed E-state index contributed by atoms with van der Waals surface area (Å²) in [6.07, 6.45) is 0. The van der Waals surface area contributed by atoms with Crippen molar-refractivity contribution in [3.8, 4) is 5.69 Å². The standard InChI is InChI=1S/C25H28N6O2/c1-16-10-6-9-13-22(16)31-18(3)21(17(2)27-31)14-29(5)15-30-25(33)20-12-8-7-11-19(20)23(28-30)24(32)26-4/h6-13H,14-15H2,1-5H3,(H,26,32). The molecule has 4 rings (SSSR count). The lowest BCUT2D eigenvalue weighted by Gasteiger charge is -2.19. The molecule has 1 N–H and O–H groups in total. The number of hydrogen-bond donors (Lipinski definition) is 1. The molecular formula is C25H28N6O2. The fourth-order valence-corrected chi connectivity index (χ4v) is 4.11. The van der Waals surface area contributed by atoms with Crippen molar-refractivity contribution in [1.82, 2.24) is 29.8 Å². The Hall–Kier alpha value is -3.78. The number of rotatable bonds is 6. The highest BCUT2D eigenvalue weighted by molar-refractivity contribution is 6.04. The topological polar surface area (TPSA) is 85.1 Å². The van der Waals surface area contributed by atoms with Gasteiger partial charge in [0.1, 0.15) is 0 Å². The van der Waals surface area contributed by atoms with E-state index in [9.17, 15) is 9.59 Å². The quantitative estimate of drug-likeness (QED) is 0.494. The Kier molecular flexibility index (Phi) is 6.11. The van der Waals surface area contributed by atoms with E-state index in [1.165, 1.54) is 4.68 Å². The maximum atomic E-state index is 13.1. The molecule has 8 heteroatoms. The van der Waals surface area contributed by atoms with Gasteiger partial charge in [0.2, 0.25) is 0 Å². The summed E-state index contributed by atoms with van der Waals surface area (Å²) in [7, 11) is 3.48. The second-order valence-electron chi connectivity index (χ2n) is 8.28. The van der Waals surface area contributed by atoms with E-state index in [1.807, 2.05) is 35.7 Å². The zero-order valence-electron chi connectivity index (χ0n) is 19.6. The maximum absolute atomic E-state index is 13.1. The molecule has 170 valence electrons. The molecular weight excluding hydrogens is 416 g/mol. The number of para-hydroxylation sites is 1. The van der Waals surface area contributed by atoms with E-state index in [2.05, 4.69) is 36.4 Å². The normalized spacial score (nSPS) is 11.3. The fourth-order valence-electron chi connectivity index (χ4n) is 4.11. The van der Waals surface area contributed by atoms with Crippen LogP contribution >= 0.6 is 0 Å². The van der Waals surface area contributed by atoms with Crippen LogP contribution in [0.4, 0.5) is 0 Å². The zero-order valence-corrected chi connectivity index (χ0v) is 19.6. The molecule has 33 heavy (non-hydrogen) atoms. The van der Waals surface area contributed by atoms with Gasteiger partial charge in [-0.15, -0.1) is 0 Å². The van der Waals surface area contributed by atoms with Crippen molar-refractivity contribution in [2.45, 2.75) is 34.0 Å².